The largest absolute Gasteiger partial charge is 0.325 e. The number of aromatic nitrogens is 2. The lowest BCUT2D eigenvalue weighted by Crippen LogP contribution is -2.24. The quantitative estimate of drug-likeness (QED) is 0.455. The van der Waals surface area contributed by atoms with E-state index in [0.717, 1.165) is 25.1 Å². The third-order valence-corrected chi connectivity index (χ3v) is 8.50. The third kappa shape index (κ3) is 4.45. The molecule has 1 aromatic carbocycles. The maximum Gasteiger partial charge on any atom is 0.242 e. The van der Waals surface area contributed by atoms with Crippen LogP contribution >= 0.6 is 23.1 Å². The Morgan fingerprint density at radius 3 is 2.66 bits per heavy atom. The standard InChI is InChI=1S/C19H22N4O3S3/c1-11-12(2)27-18-16(11)19(21-10-20-18)28-13(3)17(24)22-14-7-6-8-15(9-14)29(25,26)23(4)5/h6-10,13H,1-5H3,(H,22,24). The number of hydrogen-bond donors (Lipinski definition) is 1. The number of fused-ring (bicyclic) bond motifs is 1. The van der Waals surface area contributed by atoms with Gasteiger partial charge in [0.05, 0.1) is 10.1 Å². The van der Waals surface area contributed by atoms with Gasteiger partial charge in [-0.3, -0.25) is 4.79 Å². The van der Waals surface area contributed by atoms with Gasteiger partial charge >= 0.3 is 0 Å². The van der Waals surface area contributed by atoms with E-state index >= 15 is 0 Å². The van der Waals surface area contributed by atoms with Crippen LogP contribution in [0, 0.1) is 13.8 Å². The normalized spacial score (nSPS) is 13.0. The van der Waals surface area contributed by atoms with Crippen LogP contribution < -0.4 is 5.32 Å². The van der Waals surface area contributed by atoms with Crippen LogP contribution in [0.2, 0.25) is 0 Å². The number of nitrogens with one attached hydrogen (secondary N) is 1. The van der Waals surface area contributed by atoms with Crippen molar-refractivity contribution in [3.63, 3.8) is 0 Å². The van der Waals surface area contributed by atoms with Gasteiger partial charge in [-0.1, -0.05) is 17.8 Å². The highest BCUT2D eigenvalue weighted by atomic mass is 32.2. The number of sulfonamides is 1. The number of thioether (sulfide) groups is 1. The Hall–Kier alpha value is -2.01. The molecule has 10 heteroatoms. The Labute approximate surface area is 178 Å². The van der Waals surface area contributed by atoms with E-state index in [1.54, 1.807) is 30.4 Å². The minimum atomic E-state index is -3.57. The molecule has 0 fully saturated rings. The fraction of sp³-hybridized carbons (Fsp3) is 0.316. The molecule has 7 nitrogen and oxygen atoms in total. The van der Waals surface area contributed by atoms with Crippen molar-refractivity contribution in [3.05, 3.63) is 41.0 Å². The molecule has 0 aliphatic carbocycles. The SMILES string of the molecule is Cc1sc2ncnc(SC(C)C(=O)Nc3cccc(S(=O)(=O)N(C)C)c3)c2c1C. The molecule has 0 saturated heterocycles. The summed E-state index contributed by atoms with van der Waals surface area (Å²) in [7, 11) is -0.633. The number of hydrogen-bond acceptors (Lipinski definition) is 7. The first-order chi connectivity index (χ1) is 13.6. The summed E-state index contributed by atoms with van der Waals surface area (Å²) in [6.45, 7) is 5.87. The van der Waals surface area contributed by atoms with E-state index < -0.39 is 15.3 Å². The number of carbonyl (C=O) groups excluding carboxylic acids is 1. The van der Waals surface area contributed by atoms with Crippen LogP contribution in [-0.4, -0.2) is 47.9 Å². The van der Waals surface area contributed by atoms with Crippen LogP contribution in [0.15, 0.2) is 40.5 Å². The van der Waals surface area contributed by atoms with Gasteiger partial charge in [-0.25, -0.2) is 22.7 Å². The Morgan fingerprint density at radius 1 is 1.24 bits per heavy atom. The maximum absolute atomic E-state index is 12.7. The first-order valence-electron chi connectivity index (χ1n) is 8.82. The third-order valence-electron chi connectivity index (χ3n) is 4.47. The molecule has 1 N–H and O–H groups in total. The molecule has 29 heavy (non-hydrogen) atoms. The Bertz CT molecular complexity index is 1170. The smallest absolute Gasteiger partial charge is 0.242 e. The Kier molecular flexibility index (Phi) is 6.27. The highest BCUT2D eigenvalue weighted by Crippen LogP contribution is 2.36. The summed E-state index contributed by atoms with van der Waals surface area (Å²) < 4.78 is 25.7. The van der Waals surface area contributed by atoms with E-state index in [4.69, 9.17) is 0 Å². The van der Waals surface area contributed by atoms with Crippen LogP contribution in [0.1, 0.15) is 17.4 Å². The van der Waals surface area contributed by atoms with Crippen LogP contribution in [-0.2, 0) is 14.8 Å². The summed E-state index contributed by atoms with van der Waals surface area (Å²) in [5.41, 5.74) is 1.56. The van der Waals surface area contributed by atoms with Gasteiger partial charge in [0.1, 0.15) is 16.2 Å². The van der Waals surface area contributed by atoms with Gasteiger partial charge in [-0.2, -0.15) is 0 Å². The van der Waals surface area contributed by atoms with Crippen LogP contribution in [0.5, 0.6) is 0 Å². The van der Waals surface area contributed by atoms with E-state index in [0.29, 0.717) is 5.69 Å². The topological polar surface area (TPSA) is 92.3 Å². The minimum absolute atomic E-state index is 0.127. The number of carbonyl (C=O) groups is 1. The predicted octanol–water partition coefficient (Wildman–Crippen LogP) is 3.68. The molecule has 0 bridgehead atoms. The summed E-state index contributed by atoms with van der Waals surface area (Å²) in [4.78, 5) is 23.6. The number of thiophene rings is 1. The lowest BCUT2D eigenvalue weighted by Gasteiger charge is -2.14. The van der Waals surface area contributed by atoms with Gasteiger partial charge in [-0.05, 0) is 44.5 Å². The van der Waals surface area contributed by atoms with Gasteiger partial charge in [0.15, 0.2) is 0 Å². The van der Waals surface area contributed by atoms with E-state index in [-0.39, 0.29) is 10.8 Å². The summed E-state index contributed by atoms with van der Waals surface area (Å²) in [5.74, 6) is -0.231. The lowest BCUT2D eigenvalue weighted by atomic mass is 10.2. The van der Waals surface area contributed by atoms with Crippen LogP contribution in [0.3, 0.4) is 0 Å². The average molecular weight is 451 g/mol. The summed E-state index contributed by atoms with van der Waals surface area (Å²) >= 11 is 2.97. The molecule has 0 aliphatic heterocycles. The van der Waals surface area contributed by atoms with Crippen LogP contribution in [0.4, 0.5) is 5.69 Å². The monoisotopic (exact) mass is 450 g/mol. The molecule has 0 spiro atoms. The van der Waals surface area contributed by atoms with Gasteiger partial charge in [0.2, 0.25) is 15.9 Å². The zero-order chi connectivity index (χ0) is 21.3. The Balaban J connectivity index is 1.79. The van der Waals surface area contributed by atoms with Crippen molar-refractivity contribution in [1.82, 2.24) is 14.3 Å². The average Bonchev–Trinajstić information content (AvgIpc) is 2.96. The van der Waals surface area contributed by atoms with Crippen molar-refractivity contribution in [3.8, 4) is 0 Å². The van der Waals surface area contributed by atoms with Gasteiger partial charge in [-0.15, -0.1) is 11.3 Å². The van der Waals surface area contributed by atoms with Gasteiger partial charge in [0, 0.05) is 30.0 Å². The molecule has 0 saturated carbocycles. The van der Waals surface area contributed by atoms with E-state index in [9.17, 15) is 13.2 Å². The number of rotatable bonds is 6. The van der Waals surface area contributed by atoms with E-state index in [1.807, 2.05) is 13.8 Å². The van der Waals surface area contributed by atoms with Gasteiger partial charge < -0.3 is 5.32 Å². The highest BCUT2D eigenvalue weighted by molar-refractivity contribution is 8.00. The highest BCUT2D eigenvalue weighted by Gasteiger charge is 2.21. The molecule has 1 unspecified atom stereocenters. The van der Waals surface area contributed by atoms with Crippen molar-refractivity contribution in [1.29, 1.82) is 0 Å². The van der Waals surface area contributed by atoms with Crippen molar-refractivity contribution >= 4 is 54.9 Å². The molecular weight excluding hydrogens is 428 g/mol. The molecule has 154 valence electrons. The molecule has 3 rings (SSSR count). The second-order valence-corrected chi connectivity index (χ2v) is 11.4. The van der Waals surface area contributed by atoms with E-state index in [2.05, 4.69) is 15.3 Å². The molecule has 3 aromatic rings. The molecule has 0 aliphatic rings. The number of benzene rings is 1. The fourth-order valence-corrected chi connectivity index (χ4v) is 5.64. The van der Waals surface area contributed by atoms with E-state index in [1.165, 1.54) is 49.2 Å². The van der Waals surface area contributed by atoms with Crippen molar-refractivity contribution < 1.29 is 13.2 Å². The molecule has 2 aromatic heterocycles. The minimum Gasteiger partial charge on any atom is -0.325 e. The summed E-state index contributed by atoms with van der Waals surface area (Å²) in [6.07, 6.45) is 1.51. The predicted molar refractivity (Wildman–Crippen MR) is 118 cm³/mol. The molecule has 1 atom stereocenters. The first-order valence-corrected chi connectivity index (χ1v) is 12.0. The zero-order valence-corrected chi connectivity index (χ0v) is 19.2. The zero-order valence-electron chi connectivity index (χ0n) is 16.8. The lowest BCUT2D eigenvalue weighted by molar-refractivity contribution is -0.115. The second-order valence-electron chi connectivity index (χ2n) is 6.71. The van der Waals surface area contributed by atoms with Crippen molar-refractivity contribution in [2.45, 2.75) is 35.9 Å². The molecule has 0 radical (unpaired) electrons. The summed E-state index contributed by atoms with van der Waals surface area (Å²) in [5, 5.41) is 4.12. The maximum atomic E-state index is 12.7. The van der Waals surface area contributed by atoms with Crippen molar-refractivity contribution in [2.75, 3.05) is 19.4 Å². The molecule has 2 heterocycles. The molecular formula is C19H22N4O3S3. The number of nitrogens with zero attached hydrogens (tertiary/aromatic N) is 3. The fourth-order valence-electron chi connectivity index (χ4n) is 2.65. The van der Waals surface area contributed by atoms with Gasteiger partial charge in [0.25, 0.3) is 0 Å². The first kappa shape index (κ1) is 21.7. The molecule has 1 amide bonds. The number of anilines is 1. The summed E-state index contributed by atoms with van der Waals surface area (Å²) in [6, 6.07) is 6.23. The Morgan fingerprint density at radius 2 is 1.97 bits per heavy atom. The second kappa shape index (κ2) is 8.39. The van der Waals surface area contributed by atoms with Crippen molar-refractivity contribution in [2.24, 2.45) is 0 Å². The van der Waals surface area contributed by atoms with Crippen LogP contribution in [0.25, 0.3) is 10.2 Å². The number of aryl methyl sites for hydroxylation is 2. The number of amides is 1.